The van der Waals surface area contributed by atoms with Crippen LogP contribution >= 0.6 is 11.8 Å². The molecule has 0 aliphatic heterocycles. The van der Waals surface area contributed by atoms with Gasteiger partial charge in [0.25, 0.3) is 0 Å². The zero-order chi connectivity index (χ0) is 11.9. The summed E-state index contributed by atoms with van der Waals surface area (Å²) in [4.78, 5) is 1.40. The van der Waals surface area contributed by atoms with Crippen LogP contribution in [0.15, 0.2) is 29.2 Å². The molecule has 0 bridgehead atoms. The Morgan fingerprint density at radius 1 is 1.12 bits per heavy atom. The highest BCUT2D eigenvalue weighted by molar-refractivity contribution is 7.99. The van der Waals surface area contributed by atoms with Crippen molar-refractivity contribution in [1.29, 1.82) is 0 Å². The van der Waals surface area contributed by atoms with Gasteiger partial charge in [-0.1, -0.05) is 44.7 Å². The Morgan fingerprint density at radius 2 is 1.82 bits per heavy atom. The lowest BCUT2D eigenvalue weighted by molar-refractivity contribution is 0.619. The number of benzene rings is 1. The van der Waals surface area contributed by atoms with Crippen LogP contribution in [0.4, 0.5) is 5.69 Å². The third-order valence-corrected chi connectivity index (χ3v) is 4.36. The van der Waals surface area contributed by atoms with Gasteiger partial charge >= 0.3 is 0 Å². The summed E-state index contributed by atoms with van der Waals surface area (Å²) < 4.78 is 0. The second-order valence-electron chi connectivity index (χ2n) is 4.76. The lowest BCUT2D eigenvalue weighted by atomic mass is 10.1. The molecule has 0 spiro atoms. The highest BCUT2D eigenvalue weighted by Crippen LogP contribution is 2.29. The summed E-state index contributed by atoms with van der Waals surface area (Å²) in [5.74, 6) is 1.14. The smallest absolute Gasteiger partial charge is 0.0480 e. The second-order valence-corrected chi connectivity index (χ2v) is 6.07. The summed E-state index contributed by atoms with van der Waals surface area (Å²) in [6, 6.07) is 9.42. The zero-order valence-corrected chi connectivity index (χ0v) is 11.6. The molecule has 1 aromatic rings. The van der Waals surface area contributed by atoms with E-state index >= 15 is 0 Å². The average Bonchev–Trinajstić information content (AvgIpc) is 2.61. The Kier molecular flexibility index (Phi) is 5.24. The van der Waals surface area contributed by atoms with Gasteiger partial charge in [0.2, 0.25) is 0 Å². The minimum absolute atomic E-state index is 0.691. The number of hydrogen-bond donors (Lipinski definition) is 1. The molecule has 1 aromatic carbocycles. The minimum atomic E-state index is 0.691. The first-order chi connectivity index (χ1) is 8.40. The Labute approximate surface area is 109 Å². The van der Waals surface area contributed by atoms with Crippen LogP contribution < -0.4 is 5.32 Å². The predicted octanol–water partition coefficient (Wildman–Crippen LogP) is 4.93. The number of hydrogen-bond acceptors (Lipinski definition) is 2. The monoisotopic (exact) mass is 249 g/mol. The molecule has 0 aromatic heterocycles. The van der Waals surface area contributed by atoms with Crippen molar-refractivity contribution in [3.05, 3.63) is 24.3 Å². The van der Waals surface area contributed by atoms with Gasteiger partial charge in [-0.2, -0.15) is 0 Å². The van der Waals surface area contributed by atoms with Crippen molar-refractivity contribution in [1.82, 2.24) is 0 Å². The first-order valence-corrected chi connectivity index (χ1v) is 7.87. The van der Waals surface area contributed by atoms with E-state index < -0.39 is 0 Å². The van der Waals surface area contributed by atoms with Crippen LogP contribution in [-0.2, 0) is 0 Å². The fourth-order valence-corrected chi connectivity index (χ4v) is 3.28. The molecular weight excluding hydrogens is 226 g/mol. The molecule has 0 unspecified atom stereocenters. The van der Waals surface area contributed by atoms with Crippen LogP contribution in [0.1, 0.15) is 45.4 Å². The van der Waals surface area contributed by atoms with E-state index in [-0.39, 0.29) is 0 Å². The highest BCUT2D eigenvalue weighted by atomic mass is 32.2. The molecule has 0 atom stereocenters. The lowest BCUT2D eigenvalue weighted by Gasteiger charge is -2.19. The third kappa shape index (κ3) is 3.95. The van der Waals surface area contributed by atoms with Gasteiger partial charge in [-0.15, -0.1) is 11.8 Å². The predicted molar refractivity (Wildman–Crippen MR) is 78.0 cm³/mol. The summed E-state index contributed by atoms with van der Waals surface area (Å²) in [7, 11) is 0. The van der Waals surface area contributed by atoms with Gasteiger partial charge in [-0.25, -0.2) is 0 Å². The van der Waals surface area contributed by atoms with E-state index in [0.717, 1.165) is 5.75 Å². The first-order valence-electron chi connectivity index (χ1n) is 6.88. The van der Waals surface area contributed by atoms with Gasteiger partial charge in [0, 0.05) is 16.6 Å². The topological polar surface area (TPSA) is 12.0 Å². The Hall–Kier alpha value is -0.630. The normalized spacial score (nSPS) is 17.7. The molecule has 1 fully saturated rings. The largest absolute Gasteiger partial charge is 0.381 e. The molecule has 94 valence electrons. The first kappa shape index (κ1) is 12.8. The molecule has 1 N–H and O–H groups in total. The standard InChI is InChI=1S/C15H23NS/c1-2-17-15-12-8-7-11-14(15)16-13-9-5-3-4-6-10-13/h7-8,11-13,16H,2-6,9-10H2,1H3. The summed E-state index contributed by atoms with van der Waals surface area (Å²) in [6.45, 7) is 2.22. The van der Waals surface area contributed by atoms with Crippen LogP contribution in [0.3, 0.4) is 0 Å². The van der Waals surface area contributed by atoms with Crippen LogP contribution in [0, 0.1) is 0 Å². The Bertz CT molecular complexity index is 329. The molecule has 2 rings (SSSR count). The van der Waals surface area contributed by atoms with Gasteiger partial charge in [0.1, 0.15) is 0 Å². The fourth-order valence-electron chi connectivity index (χ4n) is 2.51. The van der Waals surface area contributed by atoms with Crippen LogP contribution in [-0.4, -0.2) is 11.8 Å². The van der Waals surface area contributed by atoms with Crippen molar-refractivity contribution in [2.24, 2.45) is 0 Å². The van der Waals surface area contributed by atoms with Crippen molar-refractivity contribution >= 4 is 17.4 Å². The van der Waals surface area contributed by atoms with Crippen molar-refractivity contribution in [2.45, 2.75) is 56.4 Å². The maximum Gasteiger partial charge on any atom is 0.0480 e. The fraction of sp³-hybridized carbons (Fsp3) is 0.600. The van der Waals surface area contributed by atoms with Crippen LogP contribution in [0.2, 0.25) is 0 Å². The minimum Gasteiger partial charge on any atom is -0.381 e. The molecule has 1 aliphatic rings. The van der Waals surface area contributed by atoms with Crippen molar-refractivity contribution in [3.63, 3.8) is 0 Å². The number of thioether (sulfide) groups is 1. The van der Waals surface area contributed by atoms with Crippen LogP contribution in [0.5, 0.6) is 0 Å². The van der Waals surface area contributed by atoms with Crippen LogP contribution in [0.25, 0.3) is 0 Å². The number of anilines is 1. The van der Waals surface area contributed by atoms with E-state index in [1.54, 1.807) is 0 Å². The number of rotatable bonds is 4. The maximum absolute atomic E-state index is 3.75. The maximum atomic E-state index is 3.75. The summed E-state index contributed by atoms with van der Waals surface area (Å²) in [5.41, 5.74) is 1.34. The molecule has 1 saturated carbocycles. The highest BCUT2D eigenvalue weighted by Gasteiger charge is 2.13. The molecule has 0 heterocycles. The molecule has 0 saturated heterocycles. The molecule has 2 heteroatoms. The van der Waals surface area contributed by atoms with Crippen molar-refractivity contribution in [3.8, 4) is 0 Å². The SMILES string of the molecule is CCSc1ccccc1NC1CCCCCC1. The summed E-state index contributed by atoms with van der Waals surface area (Å²) in [5, 5.41) is 3.75. The summed E-state index contributed by atoms with van der Waals surface area (Å²) >= 11 is 1.93. The second kappa shape index (κ2) is 6.95. The molecule has 0 radical (unpaired) electrons. The van der Waals surface area contributed by atoms with Gasteiger partial charge in [0.15, 0.2) is 0 Å². The summed E-state index contributed by atoms with van der Waals surface area (Å²) in [6.07, 6.45) is 8.30. The zero-order valence-electron chi connectivity index (χ0n) is 10.7. The van der Waals surface area contributed by atoms with Gasteiger partial charge in [0.05, 0.1) is 0 Å². The van der Waals surface area contributed by atoms with Crippen molar-refractivity contribution in [2.75, 3.05) is 11.1 Å². The quantitative estimate of drug-likeness (QED) is 0.599. The average molecular weight is 249 g/mol. The Morgan fingerprint density at radius 3 is 2.53 bits per heavy atom. The van der Waals surface area contributed by atoms with E-state index in [1.807, 2.05) is 11.8 Å². The van der Waals surface area contributed by atoms with E-state index in [4.69, 9.17) is 0 Å². The number of para-hydroxylation sites is 1. The lowest BCUT2D eigenvalue weighted by Crippen LogP contribution is -2.18. The van der Waals surface area contributed by atoms with Crippen molar-refractivity contribution < 1.29 is 0 Å². The van der Waals surface area contributed by atoms with Gasteiger partial charge in [-0.3, -0.25) is 0 Å². The van der Waals surface area contributed by atoms with E-state index in [9.17, 15) is 0 Å². The third-order valence-electron chi connectivity index (χ3n) is 3.40. The molecular formula is C15H23NS. The van der Waals surface area contributed by atoms with E-state index in [0.29, 0.717) is 6.04 Å². The molecule has 0 amide bonds. The molecule has 1 aliphatic carbocycles. The van der Waals surface area contributed by atoms with Gasteiger partial charge in [-0.05, 0) is 30.7 Å². The van der Waals surface area contributed by atoms with E-state index in [1.165, 1.54) is 49.1 Å². The van der Waals surface area contributed by atoms with E-state index in [2.05, 4.69) is 36.5 Å². The molecule has 17 heavy (non-hydrogen) atoms. The molecule has 1 nitrogen and oxygen atoms in total. The number of nitrogens with one attached hydrogen (secondary N) is 1. The van der Waals surface area contributed by atoms with Gasteiger partial charge < -0.3 is 5.32 Å². The Balaban J connectivity index is 2.00.